The summed E-state index contributed by atoms with van der Waals surface area (Å²) in [5.74, 6) is 0.000852. The summed E-state index contributed by atoms with van der Waals surface area (Å²) in [5.41, 5.74) is -0.321. The topological polar surface area (TPSA) is 83.1 Å². The standard InChI is InChI=1S/C26H24F3NO6/c1-33-21-15-20(36-25(32)18-7-4-3-5-8-18)16-22(34-2)23(21)35-14-6-13-30-24(31)17-9-11-19(12-10-17)26(27,28)29/h3-5,7-12,15-16H,6,13-14H2,1-2H3,(H,30,31). The first-order valence-corrected chi connectivity index (χ1v) is 10.8. The van der Waals surface area contributed by atoms with Crippen LogP contribution in [0.5, 0.6) is 23.0 Å². The maximum absolute atomic E-state index is 12.7. The van der Waals surface area contributed by atoms with Gasteiger partial charge in [-0.1, -0.05) is 18.2 Å². The first-order valence-electron chi connectivity index (χ1n) is 10.8. The Labute approximate surface area is 205 Å². The van der Waals surface area contributed by atoms with Crippen LogP contribution in [0, 0.1) is 0 Å². The van der Waals surface area contributed by atoms with Crippen LogP contribution in [0.15, 0.2) is 66.7 Å². The third-order valence-corrected chi connectivity index (χ3v) is 4.98. The Morgan fingerprint density at radius 2 is 1.47 bits per heavy atom. The number of nitrogens with one attached hydrogen (secondary N) is 1. The number of methoxy groups -OCH3 is 2. The van der Waals surface area contributed by atoms with E-state index in [9.17, 15) is 22.8 Å². The molecule has 0 aliphatic rings. The largest absolute Gasteiger partial charge is 0.493 e. The molecule has 0 bridgehead atoms. The van der Waals surface area contributed by atoms with Crippen LogP contribution in [0.4, 0.5) is 13.2 Å². The van der Waals surface area contributed by atoms with Crippen LogP contribution in [0.2, 0.25) is 0 Å². The van der Waals surface area contributed by atoms with Gasteiger partial charge < -0.3 is 24.3 Å². The zero-order valence-electron chi connectivity index (χ0n) is 19.6. The van der Waals surface area contributed by atoms with Gasteiger partial charge in [-0.05, 0) is 42.8 Å². The van der Waals surface area contributed by atoms with Crippen molar-refractivity contribution < 1.29 is 41.7 Å². The number of carbonyl (C=O) groups excluding carboxylic acids is 2. The molecule has 3 aromatic rings. The monoisotopic (exact) mass is 503 g/mol. The quantitative estimate of drug-likeness (QED) is 0.234. The zero-order valence-corrected chi connectivity index (χ0v) is 19.6. The number of carbonyl (C=O) groups is 2. The highest BCUT2D eigenvalue weighted by atomic mass is 19.4. The molecular weight excluding hydrogens is 479 g/mol. The van der Waals surface area contributed by atoms with E-state index < -0.39 is 23.6 Å². The molecule has 0 aliphatic heterocycles. The van der Waals surface area contributed by atoms with E-state index >= 15 is 0 Å². The van der Waals surface area contributed by atoms with Gasteiger partial charge in [0.15, 0.2) is 11.5 Å². The van der Waals surface area contributed by atoms with Gasteiger partial charge in [0.05, 0.1) is 32.0 Å². The van der Waals surface area contributed by atoms with Crippen LogP contribution in [-0.2, 0) is 6.18 Å². The van der Waals surface area contributed by atoms with Gasteiger partial charge in [0.2, 0.25) is 5.75 Å². The summed E-state index contributed by atoms with van der Waals surface area (Å²) in [6.07, 6.45) is -4.07. The fourth-order valence-electron chi connectivity index (χ4n) is 3.16. The second kappa shape index (κ2) is 12.0. The molecule has 3 aromatic carbocycles. The molecule has 7 nitrogen and oxygen atoms in total. The van der Waals surface area contributed by atoms with Gasteiger partial charge in [0, 0.05) is 24.2 Å². The Bertz CT molecular complexity index is 1160. The van der Waals surface area contributed by atoms with Gasteiger partial charge in [-0.2, -0.15) is 13.2 Å². The number of rotatable bonds is 10. The number of ether oxygens (including phenoxy) is 4. The molecule has 1 N–H and O–H groups in total. The number of alkyl halides is 3. The first-order chi connectivity index (χ1) is 17.2. The lowest BCUT2D eigenvalue weighted by molar-refractivity contribution is -0.137. The first kappa shape index (κ1) is 26.4. The van der Waals surface area contributed by atoms with Gasteiger partial charge in [-0.15, -0.1) is 0 Å². The summed E-state index contributed by atoms with van der Waals surface area (Å²) < 4.78 is 59.8. The molecule has 36 heavy (non-hydrogen) atoms. The highest BCUT2D eigenvalue weighted by Crippen LogP contribution is 2.41. The summed E-state index contributed by atoms with van der Waals surface area (Å²) in [7, 11) is 2.85. The molecule has 0 spiro atoms. The van der Waals surface area contributed by atoms with Gasteiger partial charge in [0.25, 0.3) is 5.91 Å². The van der Waals surface area contributed by atoms with Crippen molar-refractivity contribution in [3.8, 4) is 23.0 Å². The summed E-state index contributed by atoms with van der Waals surface area (Å²) in [5, 5.41) is 2.63. The van der Waals surface area contributed by atoms with Crippen molar-refractivity contribution >= 4 is 11.9 Å². The van der Waals surface area contributed by atoms with Crippen molar-refractivity contribution in [2.24, 2.45) is 0 Å². The predicted molar refractivity (Wildman–Crippen MR) is 125 cm³/mol. The average molecular weight is 503 g/mol. The summed E-state index contributed by atoms with van der Waals surface area (Å²) in [6, 6.07) is 15.4. The van der Waals surface area contributed by atoms with Crippen LogP contribution < -0.4 is 24.3 Å². The maximum atomic E-state index is 12.7. The lowest BCUT2D eigenvalue weighted by atomic mass is 10.1. The van der Waals surface area contributed by atoms with Crippen LogP contribution in [0.3, 0.4) is 0 Å². The number of amides is 1. The van der Waals surface area contributed by atoms with Crippen molar-refractivity contribution in [3.05, 3.63) is 83.4 Å². The summed E-state index contributed by atoms with van der Waals surface area (Å²) in [4.78, 5) is 24.5. The third kappa shape index (κ3) is 6.91. The molecule has 0 fully saturated rings. The van der Waals surface area contributed by atoms with E-state index in [2.05, 4.69) is 5.32 Å². The molecule has 0 atom stereocenters. The zero-order chi connectivity index (χ0) is 26.1. The molecule has 1 amide bonds. The Kier molecular flexibility index (Phi) is 8.77. The van der Waals surface area contributed by atoms with Gasteiger partial charge in [0.1, 0.15) is 5.75 Å². The van der Waals surface area contributed by atoms with Crippen molar-refractivity contribution in [2.45, 2.75) is 12.6 Å². The second-order valence-corrected chi connectivity index (χ2v) is 7.45. The Morgan fingerprint density at radius 1 is 0.861 bits per heavy atom. The minimum atomic E-state index is -4.46. The second-order valence-electron chi connectivity index (χ2n) is 7.45. The van der Waals surface area contributed by atoms with E-state index in [-0.39, 0.29) is 41.7 Å². The van der Waals surface area contributed by atoms with Crippen molar-refractivity contribution in [3.63, 3.8) is 0 Å². The van der Waals surface area contributed by atoms with E-state index in [4.69, 9.17) is 18.9 Å². The highest BCUT2D eigenvalue weighted by molar-refractivity contribution is 5.94. The van der Waals surface area contributed by atoms with Crippen molar-refractivity contribution in [1.82, 2.24) is 5.32 Å². The van der Waals surface area contributed by atoms with E-state index in [1.54, 1.807) is 30.3 Å². The molecule has 10 heteroatoms. The number of esters is 1. The fraction of sp³-hybridized carbons (Fsp3) is 0.231. The Balaban J connectivity index is 1.55. The van der Waals surface area contributed by atoms with Crippen LogP contribution in [-0.4, -0.2) is 39.2 Å². The molecule has 0 saturated heterocycles. The minimum absolute atomic E-state index is 0.118. The van der Waals surface area contributed by atoms with Gasteiger partial charge in [-0.25, -0.2) is 4.79 Å². The van der Waals surface area contributed by atoms with Crippen LogP contribution in [0.25, 0.3) is 0 Å². The SMILES string of the molecule is COc1cc(OC(=O)c2ccccc2)cc(OC)c1OCCCNC(=O)c1ccc(C(F)(F)F)cc1. The number of benzene rings is 3. The lowest BCUT2D eigenvalue weighted by Gasteiger charge is -2.16. The number of hydrogen-bond donors (Lipinski definition) is 1. The molecular formula is C26H24F3NO6. The van der Waals surface area contributed by atoms with Crippen LogP contribution >= 0.6 is 0 Å². The molecule has 0 aromatic heterocycles. The Hall–Kier alpha value is -4.21. The predicted octanol–water partition coefficient (Wildman–Crippen LogP) is 5.14. The smallest absolute Gasteiger partial charge is 0.416 e. The number of hydrogen-bond acceptors (Lipinski definition) is 6. The van der Waals surface area contributed by atoms with Crippen LogP contribution in [0.1, 0.15) is 32.7 Å². The molecule has 0 radical (unpaired) electrons. The van der Waals surface area contributed by atoms with Crippen molar-refractivity contribution in [1.29, 1.82) is 0 Å². The molecule has 0 aliphatic carbocycles. The fourth-order valence-corrected chi connectivity index (χ4v) is 3.16. The van der Waals surface area contributed by atoms with E-state index in [1.165, 1.54) is 26.4 Å². The molecule has 0 heterocycles. The van der Waals surface area contributed by atoms with Crippen molar-refractivity contribution in [2.75, 3.05) is 27.4 Å². The van der Waals surface area contributed by atoms with Gasteiger partial charge in [-0.3, -0.25) is 4.79 Å². The average Bonchev–Trinajstić information content (AvgIpc) is 2.88. The molecule has 0 unspecified atom stereocenters. The molecule has 190 valence electrons. The Morgan fingerprint density at radius 3 is 2.03 bits per heavy atom. The molecule has 3 rings (SSSR count). The summed E-state index contributed by atoms with van der Waals surface area (Å²) in [6.45, 7) is 0.389. The van der Waals surface area contributed by atoms with E-state index in [1.807, 2.05) is 0 Å². The van der Waals surface area contributed by atoms with Gasteiger partial charge >= 0.3 is 12.1 Å². The molecule has 0 saturated carbocycles. The van der Waals surface area contributed by atoms with E-state index in [0.717, 1.165) is 24.3 Å². The maximum Gasteiger partial charge on any atom is 0.416 e. The third-order valence-electron chi connectivity index (χ3n) is 4.98. The normalized spacial score (nSPS) is 10.9. The summed E-state index contributed by atoms with van der Waals surface area (Å²) >= 11 is 0. The lowest BCUT2D eigenvalue weighted by Crippen LogP contribution is -2.25. The minimum Gasteiger partial charge on any atom is -0.493 e. The highest BCUT2D eigenvalue weighted by Gasteiger charge is 2.30. The van der Waals surface area contributed by atoms with E-state index in [0.29, 0.717) is 12.0 Å². The number of halogens is 3.